The summed E-state index contributed by atoms with van der Waals surface area (Å²) in [6, 6.07) is 13.2. The fraction of sp³-hybridized carbons (Fsp3) is 0.346. The number of likely N-dealkylation sites (tertiary alicyclic amines) is 1. The number of hydrazine groups is 2. The van der Waals surface area contributed by atoms with Gasteiger partial charge >= 0.3 is 0 Å². The summed E-state index contributed by atoms with van der Waals surface area (Å²) in [6.07, 6.45) is 4.52. The van der Waals surface area contributed by atoms with E-state index in [0.717, 1.165) is 30.6 Å². The number of hydrogen-bond donors (Lipinski definition) is 6. The second-order valence-electron chi connectivity index (χ2n) is 8.94. The van der Waals surface area contributed by atoms with Crippen molar-refractivity contribution in [3.8, 4) is 0 Å². The molecule has 10 nitrogen and oxygen atoms in total. The van der Waals surface area contributed by atoms with Crippen molar-refractivity contribution in [3.63, 3.8) is 0 Å². The normalized spacial score (nSPS) is 16.5. The highest BCUT2D eigenvalue weighted by Gasteiger charge is 2.26. The van der Waals surface area contributed by atoms with Gasteiger partial charge in [-0.3, -0.25) is 9.91 Å². The standard InChI is InChI=1S/C20H26FN5.C6H15N5/c1-13(17-9-6-12-26(17)2)24-18(14-7-4-3-5-8-14)16-11-10-15(20(22)23)19(21)25-16;1-3-4-11(9)5-6(7)10(2)8/h3-5,7-8,10-11,17-18,20,24H,1,6,9,12,22-23H2,2H3;3,5H,1,4,7-9H2,2H3/b;6-5+/t17?,18-;/m0./s1. The van der Waals surface area contributed by atoms with Gasteiger partial charge in [0.15, 0.2) is 0 Å². The van der Waals surface area contributed by atoms with Crippen molar-refractivity contribution in [1.82, 2.24) is 25.2 Å². The lowest BCUT2D eigenvalue weighted by atomic mass is 10.0. The lowest BCUT2D eigenvalue weighted by molar-refractivity contribution is 0.330. The van der Waals surface area contributed by atoms with Crippen LogP contribution in [0.5, 0.6) is 0 Å². The molecule has 1 unspecified atom stereocenters. The Hall–Kier alpha value is -3.48. The van der Waals surface area contributed by atoms with E-state index in [0.29, 0.717) is 18.1 Å². The molecular weight excluding hydrogens is 471 g/mol. The zero-order chi connectivity index (χ0) is 27.5. The average molecular weight is 513 g/mol. The predicted molar refractivity (Wildman–Crippen MR) is 147 cm³/mol. The zero-order valence-corrected chi connectivity index (χ0v) is 21.7. The fourth-order valence-electron chi connectivity index (χ4n) is 3.94. The summed E-state index contributed by atoms with van der Waals surface area (Å²) in [6.45, 7) is 9.34. The second-order valence-corrected chi connectivity index (χ2v) is 8.94. The van der Waals surface area contributed by atoms with Gasteiger partial charge in [0.1, 0.15) is 5.82 Å². The molecule has 2 aromatic rings. The molecule has 0 amide bonds. The van der Waals surface area contributed by atoms with E-state index in [4.69, 9.17) is 28.9 Å². The molecule has 11 heteroatoms. The van der Waals surface area contributed by atoms with Gasteiger partial charge in [0, 0.05) is 24.4 Å². The Labute approximate surface area is 219 Å². The molecule has 0 aliphatic carbocycles. The highest BCUT2D eigenvalue weighted by Crippen LogP contribution is 2.26. The summed E-state index contributed by atoms with van der Waals surface area (Å²) >= 11 is 0. The predicted octanol–water partition coefficient (Wildman–Crippen LogP) is 1.33. The molecule has 1 fully saturated rings. The molecule has 0 saturated carbocycles. The molecule has 1 aliphatic rings. The van der Waals surface area contributed by atoms with Crippen LogP contribution < -0.4 is 34.2 Å². The highest BCUT2D eigenvalue weighted by molar-refractivity contribution is 5.31. The molecule has 1 aromatic heterocycles. The number of pyridine rings is 1. The van der Waals surface area contributed by atoms with Crippen LogP contribution in [-0.4, -0.2) is 53.1 Å². The number of nitrogens with one attached hydrogen (secondary N) is 1. The van der Waals surface area contributed by atoms with Crippen LogP contribution >= 0.6 is 0 Å². The molecular formula is C26H41FN10. The number of nitrogens with two attached hydrogens (primary N) is 5. The number of benzene rings is 1. The lowest BCUT2D eigenvalue weighted by Crippen LogP contribution is -2.35. The highest BCUT2D eigenvalue weighted by atomic mass is 19.1. The Morgan fingerprint density at radius 2 is 1.92 bits per heavy atom. The third-order valence-corrected chi connectivity index (χ3v) is 5.98. The van der Waals surface area contributed by atoms with Crippen LogP contribution in [0.4, 0.5) is 4.39 Å². The molecule has 3 rings (SSSR count). The van der Waals surface area contributed by atoms with E-state index in [1.54, 1.807) is 25.3 Å². The number of rotatable bonds is 10. The van der Waals surface area contributed by atoms with Crippen molar-refractivity contribution >= 4 is 0 Å². The monoisotopic (exact) mass is 512 g/mol. The molecule has 202 valence electrons. The first-order valence-electron chi connectivity index (χ1n) is 12.0. The molecule has 0 radical (unpaired) electrons. The van der Waals surface area contributed by atoms with E-state index in [9.17, 15) is 4.39 Å². The summed E-state index contributed by atoms with van der Waals surface area (Å²) in [4.78, 5) is 6.41. The minimum Gasteiger partial charge on any atom is -0.383 e. The van der Waals surface area contributed by atoms with Crippen LogP contribution in [0.25, 0.3) is 0 Å². The maximum absolute atomic E-state index is 14.3. The van der Waals surface area contributed by atoms with E-state index >= 15 is 0 Å². The fourth-order valence-corrected chi connectivity index (χ4v) is 3.94. The van der Waals surface area contributed by atoms with Crippen molar-refractivity contribution in [1.29, 1.82) is 0 Å². The van der Waals surface area contributed by atoms with Crippen molar-refractivity contribution in [2.75, 3.05) is 27.2 Å². The third kappa shape index (κ3) is 8.85. The SMILES string of the molecule is C=C(N[C@@H](c1ccccc1)c1ccc(C(N)N)c(F)n1)C1CCCN1C.C=CCN(N)/C=C(\N)N(C)N. The Bertz CT molecular complexity index is 1040. The van der Waals surface area contributed by atoms with Gasteiger partial charge in [0.2, 0.25) is 5.95 Å². The summed E-state index contributed by atoms with van der Waals surface area (Å²) in [5.41, 5.74) is 19.3. The zero-order valence-electron chi connectivity index (χ0n) is 21.7. The lowest BCUT2D eigenvalue weighted by Gasteiger charge is -2.28. The third-order valence-electron chi connectivity index (χ3n) is 5.98. The Balaban J connectivity index is 0.000000371. The number of likely N-dealkylation sites (N-methyl/N-ethyl adjacent to an activating group) is 1. The summed E-state index contributed by atoms with van der Waals surface area (Å²) in [7, 11) is 3.73. The Morgan fingerprint density at radius 1 is 1.24 bits per heavy atom. The maximum Gasteiger partial charge on any atom is 0.219 e. The van der Waals surface area contributed by atoms with Gasteiger partial charge in [-0.2, -0.15) is 4.39 Å². The average Bonchev–Trinajstić information content (AvgIpc) is 3.29. The summed E-state index contributed by atoms with van der Waals surface area (Å²) in [5, 5.41) is 6.15. The smallest absolute Gasteiger partial charge is 0.219 e. The number of halogens is 1. The van der Waals surface area contributed by atoms with Crippen LogP contribution in [0, 0.1) is 5.95 Å². The molecule has 37 heavy (non-hydrogen) atoms. The topological polar surface area (TPSA) is 165 Å². The molecule has 1 saturated heterocycles. The van der Waals surface area contributed by atoms with Gasteiger partial charge in [0.25, 0.3) is 0 Å². The molecule has 2 heterocycles. The van der Waals surface area contributed by atoms with Crippen LogP contribution in [-0.2, 0) is 0 Å². The number of aromatic nitrogens is 1. The van der Waals surface area contributed by atoms with Crippen molar-refractivity contribution in [3.05, 3.63) is 102 Å². The van der Waals surface area contributed by atoms with Gasteiger partial charge < -0.3 is 27.5 Å². The van der Waals surface area contributed by atoms with Gasteiger partial charge in [-0.05, 0) is 44.1 Å². The van der Waals surface area contributed by atoms with E-state index in [1.165, 1.54) is 16.2 Å². The second kappa shape index (κ2) is 14.3. The minimum absolute atomic E-state index is 0.204. The van der Waals surface area contributed by atoms with E-state index in [2.05, 4.69) is 35.4 Å². The first-order valence-corrected chi connectivity index (χ1v) is 12.0. The van der Waals surface area contributed by atoms with Gasteiger partial charge in [-0.15, -0.1) is 6.58 Å². The molecule has 1 aliphatic heterocycles. The number of hydrogen-bond acceptors (Lipinski definition) is 10. The van der Waals surface area contributed by atoms with E-state index < -0.39 is 12.1 Å². The van der Waals surface area contributed by atoms with Crippen LogP contribution in [0.15, 0.2) is 79.4 Å². The molecule has 1 aromatic carbocycles. The number of nitrogens with zero attached hydrogens (tertiary/aromatic N) is 4. The molecule has 0 bridgehead atoms. The van der Waals surface area contributed by atoms with Crippen molar-refractivity contribution < 1.29 is 4.39 Å². The quantitative estimate of drug-likeness (QED) is 0.0899. The molecule has 0 spiro atoms. The largest absolute Gasteiger partial charge is 0.383 e. The van der Waals surface area contributed by atoms with Crippen molar-refractivity contribution in [2.45, 2.75) is 31.1 Å². The van der Waals surface area contributed by atoms with E-state index in [-0.39, 0.29) is 17.6 Å². The first-order chi connectivity index (χ1) is 17.5. The van der Waals surface area contributed by atoms with E-state index in [1.807, 2.05) is 30.3 Å². The Morgan fingerprint density at radius 3 is 2.43 bits per heavy atom. The van der Waals surface area contributed by atoms with Crippen molar-refractivity contribution in [2.24, 2.45) is 28.9 Å². The van der Waals surface area contributed by atoms with Crippen LogP contribution in [0.2, 0.25) is 0 Å². The maximum atomic E-state index is 14.3. The first kappa shape index (κ1) is 29.7. The Kier molecular flexibility index (Phi) is 11.5. The van der Waals surface area contributed by atoms with Gasteiger partial charge in [-0.25, -0.2) is 16.7 Å². The summed E-state index contributed by atoms with van der Waals surface area (Å²) in [5.74, 6) is 10.5. The van der Waals surface area contributed by atoms with Gasteiger partial charge in [-0.1, -0.05) is 43.0 Å². The minimum atomic E-state index is -0.887. The summed E-state index contributed by atoms with van der Waals surface area (Å²) < 4.78 is 14.3. The van der Waals surface area contributed by atoms with Gasteiger partial charge in [0.05, 0.1) is 30.6 Å². The molecule has 11 N–H and O–H groups in total. The molecule has 2 atom stereocenters. The van der Waals surface area contributed by atoms with Crippen LogP contribution in [0.1, 0.15) is 41.9 Å². The van der Waals surface area contributed by atoms with Crippen LogP contribution in [0.3, 0.4) is 0 Å².